The van der Waals surface area contributed by atoms with Crippen molar-refractivity contribution in [3.63, 3.8) is 0 Å². The van der Waals surface area contributed by atoms with Crippen molar-refractivity contribution < 1.29 is 9.18 Å². The molecule has 0 aliphatic heterocycles. The Bertz CT molecular complexity index is 536. The first kappa shape index (κ1) is 11.3. The van der Waals surface area contributed by atoms with Gasteiger partial charge in [0.05, 0.1) is 5.56 Å². The first-order valence-electron chi connectivity index (χ1n) is 5.31. The minimum Gasteiger partial charge on any atom is -0.305 e. The van der Waals surface area contributed by atoms with Crippen molar-refractivity contribution in [2.24, 2.45) is 0 Å². The Kier molecular flexibility index (Phi) is 3.18. The number of amides is 1. The van der Waals surface area contributed by atoms with Gasteiger partial charge in [-0.3, -0.25) is 9.89 Å². The number of hydrogen-bond acceptors (Lipinski definition) is 2. The molecule has 1 aromatic carbocycles. The zero-order valence-electron chi connectivity index (χ0n) is 9.33. The van der Waals surface area contributed by atoms with Gasteiger partial charge < -0.3 is 5.32 Å². The largest absolute Gasteiger partial charge is 0.305 e. The molecule has 0 atom stereocenters. The summed E-state index contributed by atoms with van der Waals surface area (Å²) in [5.41, 5.74) is 0.919. The third-order valence-corrected chi connectivity index (χ3v) is 2.37. The molecule has 0 spiro atoms. The maximum absolute atomic E-state index is 13.3. The molecule has 5 heteroatoms. The minimum absolute atomic E-state index is 0.00792. The lowest BCUT2D eigenvalue weighted by Crippen LogP contribution is -2.13. The second kappa shape index (κ2) is 4.78. The summed E-state index contributed by atoms with van der Waals surface area (Å²) in [6.07, 6.45) is 0.794. The number of aromatic nitrogens is 2. The molecular weight excluding hydrogens is 221 g/mol. The van der Waals surface area contributed by atoms with E-state index in [9.17, 15) is 9.18 Å². The van der Waals surface area contributed by atoms with Gasteiger partial charge >= 0.3 is 0 Å². The standard InChI is InChI=1S/C12H12FN3O/c1-2-8-7-11(16-15-8)14-12(17)9-5-3-4-6-10(9)13/h3-7H,2H2,1H3,(H2,14,15,16,17). The van der Waals surface area contributed by atoms with Gasteiger partial charge in [-0.05, 0) is 18.6 Å². The first-order valence-corrected chi connectivity index (χ1v) is 5.31. The van der Waals surface area contributed by atoms with Crippen LogP contribution in [0.15, 0.2) is 30.3 Å². The summed E-state index contributed by atoms with van der Waals surface area (Å²) in [5, 5.41) is 9.20. The van der Waals surface area contributed by atoms with Gasteiger partial charge in [0.15, 0.2) is 5.82 Å². The third kappa shape index (κ3) is 2.50. The van der Waals surface area contributed by atoms with Crippen molar-refractivity contribution in [2.45, 2.75) is 13.3 Å². The molecule has 0 radical (unpaired) electrons. The first-order chi connectivity index (χ1) is 8.20. The van der Waals surface area contributed by atoms with Gasteiger partial charge in [0.2, 0.25) is 0 Å². The van der Waals surface area contributed by atoms with Crippen molar-refractivity contribution in [2.75, 3.05) is 5.32 Å². The molecule has 17 heavy (non-hydrogen) atoms. The highest BCUT2D eigenvalue weighted by Crippen LogP contribution is 2.11. The number of carbonyl (C=O) groups excluding carboxylic acids is 1. The molecule has 0 aliphatic rings. The van der Waals surface area contributed by atoms with Gasteiger partial charge in [0.25, 0.3) is 5.91 Å². The molecule has 88 valence electrons. The van der Waals surface area contributed by atoms with Crippen LogP contribution in [-0.4, -0.2) is 16.1 Å². The number of nitrogens with one attached hydrogen (secondary N) is 2. The predicted octanol–water partition coefficient (Wildman–Crippen LogP) is 2.36. The average Bonchev–Trinajstić information content (AvgIpc) is 2.77. The van der Waals surface area contributed by atoms with E-state index in [4.69, 9.17) is 0 Å². The topological polar surface area (TPSA) is 57.8 Å². The fraction of sp³-hybridized carbons (Fsp3) is 0.167. The minimum atomic E-state index is -0.545. The van der Waals surface area contributed by atoms with Crippen molar-refractivity contribution in [1.29, 1.82) is 0 Å². The van der Waals surface area contributed by atoms with Gasteiger partial charge in [-0.1, -0.05) is 19.1 Å². The molecular formula is C12H12FN3O. The molecule has 2 aromatic rings. The third-order valence-electron chi connectivity index (χ3n) is 2.37. The summed E-state index contributed by atoms with van der Waals surface area (Å²) in [4.78, 5) is 11.7. The van der Waals surface area contributed by atoms with E-state index in [0.29, 0.717) is 5.82 Å². The van der Waals surface area contributed by atoms with Crippen molar-refractivity contribution in [1.82, 2.24) is 10.2 Å². The smallest absolute Gasteiger partial charge is 0.259 e. The Balaban J connectivity index is 2.14. The fourth-order valence-corrected chi connectivity index (χ4v) is 1.44. The van der Waals surface area contributed by atoms with Crippen LogP contribution >= 0.6 is 0 Å². The Hall–Kier alpha value is -2.17. The van der Waals surface area contributed by atoms with Gasteiger partial charge in [-0.2, -0.15) is 5.10 Å². The molecule has 0 aliphatic carbocycles. The van der Waals surface area contributed by atoms with Crippen LogP contribution in [0.5, 0.6) is 0 Å². The highest BCUT2D eigenvalue weighted by molar-refractivity contribution is 6.03. The van der Waals surface area contributed by atoms with Crippen LogP contribution in [0, 0.1) is 5.82 Å². The van der Waals surface area contributed by atoms with Gasteiger partial charge in [-0.25, -0.2) is 4.39 Å². The lowest BCUT2D eigenvalue weighted by Gasteiger charge is -2.02. The van der Waals surface area contributed by atoms with Gasteiger partial charge in [0, 0.05) is 11.8 Å². The molecule has 2 N–H and O–H groups in total. The number of anilines is 1. The zero-order valence-corrected chi connectivity index (χ0v) is 9.33. The number of rotatable bonds is 3. The van der Waals surface area contributed by atoms with E-state index in [1.807, 2.05) is 6.92 Å². The molecule has 1 aromatic heterocycles. The Morgan fingerprint density at radius 2 is 2.24 bits per heavy atom. The number of hydrogen-bond donors (Lipinski definition) is 2. The number of H-pyrrole nitrogens is 1. The summed E-state index contributed by atoms with van der Waals surface area (Å²) in [6.45, 7) is 1.97. The molecule has 0 saturated carbocycles. The van der Waals surface area contributed by atoms with Crippen LogP contribution < -0.4 is 5.32 Å². The van der Waals surface area contributed by atoms with Crippen LogP contribution in [0.25, 0.3) is 0 Å². The number of halogens is 1. The highest BCUT2D eigenvalue weighted by atomic mass is 19.1. The summed E-state index contributed by atoms with van der Waals surface area (Å²) in [5.74, 6) is -0.649. The number of benzene rings is 1. The molecule has 1 amide bonds. The van der Waals surface area contributed by atoms with Crippen LogP contribution in [0.4, 0.5) is 10.2 Å². The van der Waals surface area contributed by atoms with Crippen LogP contribution in [-0.2, 0) is 6.42 Å². The number of aryl methyl sites for hydroxylation is 1. The molecule has 0 bridgehead atoms. The second-order valence-corrected chi connectivity index (χ2v) is 3.57. The number of carbonyl (C=O) groups is 1. The van der Waals surface area contributed by atoms with Crippen molar-refractivity contribution in [3.05, 3.63) is 47.4 Å². The molecule has 4 nitrogen and oxygen atoms in total. The Morgan fingerprint density at radius 1 is 1.47 bits per heavy atom. The van der Waals surface area contributed by atoms with E-state index in [2.05, 4.69) is 15.5 Å². The molecule has 0 unspecified atom stereocenters. The zero-order chi connectivity index (χ0) is 12.3. The maximum atomic E-state index is 13.3. The Labute approximate surface area is 97.9 Å². The van der Waals surface area contributed by atoms with Crippen LogP contribution in [0.2, 0.25) is 0 Å². The highest BCUT2D eigenvalue weighted by Gasteiger charge is 2.12. The van der Waals surface area contributed by atoms with E-state index < -0.39 is 11.7 Å². The number of aromatic amines is 1. The van der Waals surface area contributed by atoms with E-state index in [1.165, 1.54) is 18.2 Å². The molecule has 0 saturated heterocycles. The van der Waals surface area contributed by atoms with Crippen molar-refractivity contribution >= 4 is 11.7 Å². The Morgan fingerprint density at radius 3 is 2.88 bits per heavy atom. The van der Waals surface area contributed by atoms with E-state index in [1.54, 1.807) is 12.1 Å². The second-order valence-electron chi connectivity index (χ2n) is 3.57. The van der Waals surface area contributed by atoms with Crippen molar-refractivity contribution in [3.8, 4) is 0 Å². The SMILES string of the molecule is CCc1cc(NC(=O)c2ccccc2F)n[nH]1. The molecule has 2 rings (SSSR count). The predicted molar refractivity (Wildman–Crippen MR) is 62.3 cm³/mol. The van der Waals surface area contributed by atoms with E-state index in [-0.39, 0.29) is 5.56 Å². The monoisotopic (exact) mass is 233 g/mol. The normalized spacial score (nSPS) is 10.2. The summed E-state index contributed by atoms with van der Waals surface area (Å²) in [6, 6.07) is 7.55. The van der Waals surface area contributed by atoms with Gasteiger partial charge in [-0.15, -0.1) is 0 Å². The summed E-state index contributed by atoms with van der Waals surface area (Å²) >= 11 is 0. The fourth-order valence-electron chi connectivity index (χ4n) is 1.44. The van der Waals surface area contributed by atoms with E-state index >= 15 is 0 Å². The lowest BCUT2D eigenvalue weighted by atomic mass is 10.2. The van der Waals surface area contributed by atoms with Crippen LogP contribution in [0.3, 0.4) is 0 Å². The van der Waals surface area contributed by atoms with Gasteiger partial charge in [0.1, 0.15) is 5.82 Å². The summed E-state index contributed by atoms with van der Waals surface area (Å²) < 4.78 is 13.3. The quantitative estimate of drug-likeness (QED) is 0.855. The van der Waals surface area contributed by atoms with E-state index in [0.717, 1.165) is 12.1 Å². The summed E-state index contributed by atoms with van der Waals surface area (Å²) in [7, 11) is 0. The molecule has 1 heterocycles. The number of nitrogens with zero attached hydrogens (tertiary/aromatic N) is 1. The molecule has 0 fully saturated rings. The lowest BCUT2D eigenvalue weighted by molar-refractivity contribution is 0.102. The van der Waals surface area contributed by atoms with Crippen LogP contribution in [0.1, 0.15) is 23.0 Å². The average molecular weight is 233 g/mol. The maximum Gasteiger partial charge on any atom is 0.259 e.